The molecule has 2 amide bonds. The first kappa shape index (κ1) is 16.2. The van der Waals surface area contributed by atoms with Crippen molar-refractivity contribution in [3.8, 4) is 0 Å². The standard InChI is InChI=1S/C11H21N3O2.ClH/c1-14(8-5-3-2-4-6-8)11(16)9(12)7-10(13)15;/h8-9H,2-7,12H2,1H3,(H2,13,15);1H. The molecular weight excluding hydrogens is 242 g/mol. The van der Waals surface area contributed by atoms with E-state index in [0.29, 0.717) is 0 Å². The van der Waals surface area contributed by atoms with E-state index >= 15 is 0 Å². The van der Waals surface area contributed by atoms with Gasteiger partial charge < -0.3 is 16.4 Å². The molecule has 1 unspecified atom stereocenters. The Hall–Kier alpha value is -0.810. The Kier molecular flexibility index (Phi) is 7.15. The van der Waals surface area contributed by atoms with Crippen molar-refractivity contribution >= 4 is 24.2 Å². The summed E-state index contributed by atoms with van der Waals surface area (Å²) in [5, 5.41) is 0. The molecule has 0 aromatic carbocycles. The van der Waals surface area contributed by atoms with Gasteiger partial charge in [0, 0.05) is 13.1 Å². The Bertz CT molecular complexity index is 267. The van der Waals surface area contributed by atoms with E-state index in [1.807, 2.05) is 0 Å². The minimum absolute atomic E-state index is 0. The van der Waals surface area contributed by atoms with Gasteiger partial charge in [0.2, 0.25) is 11.8 Å². The predicted octanol–water partition coefficient (Wildman–Crippen LogP) is 0.402. The quantitative estimate of drug-likeness (QED) is 0.769. The normalized spacial score (nSPS) is 18.0. The Labute approximate surface area is 108 Å². The van der Waals surface area contributed by atoms with Crippen LogP contribution in [-0.2, 0) is 9.59 Å². The van der Waals surface area contributed by atoms with Crippen LogP contribution in [-0.4, -0.2) is 35.8 Å². The number of carbonyl (C=O) groups excluding carboxylic acids is 2. The Morgan fingerprint density at radius 3 is 2.29 bits per heavy atom. The minimum Gasteiger partial charge on any atom is -0.370 e. The van der Waals surface area contributed by atoms with Crippen LogP contribution in [0.1, 0.15) is 38.5 Å². The maximum Gasteiger partial charge on any atom is 0.240 e. The van der Waals surface area contributed by atoms with Crippen LogP contribution in [0.25, 0.3) is 0 Å². The van der Waals surface area contributed by atoms with Crippen LogP contribution in [0.15, 0.2) is 0 Å². The van der Waals surface area contributed by atoms with Gasteiger partial charge in [-0.3, -0.25) is 9.59 Å². The summed E-state index contributed by atoms with van der Waals surface area (Å²) in [5.41, 5.74) is 10.7. The SMILES string of the molecule is CN(C(=O)C(N)CC(N)=O)C1CCCCC1.Cl. The van der Waals surface area contributed by atoms with Crippen molar-refractivity contribution in [3.63, 3.8) is 0 Å². The lowest BCUT2D eigenvalue weighted by atomic mass is 9.94. The van der Waals surface area contributed by atoms with Gasteiger partial charge in [-0.25, -0.2) is 0 Å². The molecule has 1 fully saturated rings. The van der Waals surface area contributed by atoms with Crippen molar-refractivity contribution < 1.29 is 9.59 Å². The highest BCUT2D eigenvalue weighted by atomic mass is 35.5. The van der Waals surface area contributed by atoms with Crippen molar-refractivity contribution in [2.45, 2.75) is 50.6 Å². The highest BCUT2D eigenvalue weighted by Gasteiger charge is 2.26. The Morgan fingerprint density at radius 1 is 1.29 bits per heavy atom. The van der Waals surface area contributed by atoms with Crippen LogP contribution in [0.4, 0.5) is 0 Å². The fraction of sp³-hybridized carbons (Fsp3) is 0.818. The van der Waals surface area contributed by atoms with Crippen molar-refractivity contribution in [3.05, 3.63) is 0 Å². The van der Waals surface area contributed by atoms with Crippen molar-refractivity contribution in [2.75, 3.05) is 7.05 Å². The fourth-order valence-corrected chi connectivity index (χ4v) is 2.21. The summed E-state index contributed by atoms with van der Waals surface area (Å²) < 4.78 is 0. The topological polar surface area (TPSA) is 89.4 Å². The molecule has 1 rings (SSSR count). The maximum absolute atomic E-state index is 11.9. The molecule has 6 heteroatoms. The van der Waals surface area contributed by atoms with Gasteiger partial charge in [0.15, 0.2) is 0 Å². The molecule has 5 nitrogen and oxygen atoms in total. The summed E-state index contributed by atoms with van der Waals surface area (Å²) in [6.45, 7) is 0. The molecule has 1 aliphatic rings. The minimum atomic E-state index is -0.788. The molecule has 0 bridgehead atoms. The van der Waals surface area contributed by atoms with Gasteiger partial charge >= 0.3 is 0 Å². The molecule has 0 heterocycles. The molecule has 17 heavy (non-hydrogen) atoms. The van der Waals surface area contributed by atoms with E-state index in [9.17, 15) is 9.59 Å². The highest BCUT2D eigenvalue weighted by molar-refractivity contribution is 5.87. The molecular formula is C11H22ClN3O2. The average molecular weight is 264 g/mol. The monoisotopic (exact) mass is 263 g/mol. The van der Waals surface area contributed by atoms with E-state index in [1.165, 1.54) is 6.42 Å². The summed E-state index contributed by atoms with van der Waals surface area (Å²) >= 11 is 0. The van der Waals surface area contributed by atoms with Gasteiger partial charge in [0.1, 0.15) is 0 Å². The first-order chi connectivity index (χ1) is 7.52. The van der Waals surface area contributed by atoms with E-state index in [4.69, 9.17) is 11.5 Å². The number of likely N-dealkylation sites (N-methyl/N-ethyl adjacent to an activating group) is 1. The van der Waals surface area contributed by atoms with E-state index < -0.39 is 11.9 Å². The number of hydrogen-bond donors (Lipinski definition) is 2. The number of hydrogen-bond acceptors (Lipinski definition) is 3. The molecule has 0 aliphatic heterocycles. The number of amides is 2. The average Bonchev–Trinajstić information content (AvgIpc) is 2.27. The van der Waals surface area contributed by atoms with Crippen LogP contribution in [0.5, 0.6) is 0 Å². The number of rotatable bonds is 4. The van der Waals surface area contributed by atoms with Gasteiger partial charge in [-0.2, -0.15) is 0 Å². The molecule has 4 N–H and O–H groups in total. The van der Waals surface area contributed by atoms with Crippen molar-refractivity contribution in [1.29, 1.82) is 0 Å². The zero-order valence-electron chi connectivity index (χ0n) is 10.2. The Morgan fingerprint density at radius 2 is 1.82 bits per heavy atom. The number of carbonyl (C=O) groups is 2. The smallest absolute Gasteiger partial charge is 0.240 e. The van der Waals surface area contributed by atoms with Crippen LogP contribution in [0, 0.1) is 0 Å². The lowest BCUT2D eigenvalue weighted by Crippen LogP contribution is -2.48. The molecule has 1 aliphatic carbocycles. The molecule has 1 atom stereocenters. The van der Waals surface area contributed by atoms with E-state index in [1.54, 1.807) is 11.9 Å². The molecule has 0 saturated heterocycles. The fourth-order valence-electron chi connectivity index (χ4n) is 2.21. The number of halogens is 1. The van der Waals surface area contributed by atoms with Gasteiger partial charge in [-0.1, -0.05) is 19.3 Å². The Balaban J connectivity index is 0.00000256. The summed E-state index contributed by atoms with van der Waals surface area (Å²) in [5.74, 6) is -0.705. The first-order valence-corrected chi connectivity index (χ1v) is 5.83. The largest absolute Gasteiger partial charge is 0.370 e. The first-order valence-electron chi connectivity index (χ1n) is 5.83. The van der Waals surface area contributed by atoms with Crippen LogP contribution in [0.3, 0.4) is 0 Å². The molecule has 0 radical (unpaired) electrons. The number of nitrogens with zero attached hydrogens (tertiary/aromatic N) is 1. The summed E-state index contributed by atoms with van der Waals surface area (Å²) in [4.78, 5) is 24.2. The summed E-state index contributed by atoms with van der Waals surface area (Å²) in [6.07, 6.45) is 5.56. The van der Waals surface area contributed by atoms with E-state index in [-0.39, 0.29) is 30.8 Å². The maximum atomic E-state index is 11.9. The second-order valence-electron chi connectivity index (χ2n) is 4.52. The number of primary amides is 1. The molecule has 100 valence electrons. The van der Waals surface area contributed by atoms with Gasteiger partial charge in [-0.05, 0) is 12.8 Å². The van der Waals surface area contributed by atoms with Crippen molar-refractivity contribution in [1.82, 2.24) is 4.90 Å². The van der Waals surface area contributed by atoms with Crippen molar-refractivity contribution in [2.24, 2.45) is 11.5 Å². The third-order valence-electron chi connectivity index (χ3n) is 3.21. The predicted molar refractivity (Wildman–Crippen MR) is 68.7 cm³/mol. The zero-order chi connectivity index (χ0) is 12.1. The lowest BCUT2D eigenvalue weighted by Gasteiger charge is -2.32. The van der Waals surface area contributed by atoms with Gasteiger partial charge in [0.25, 0.3) is 0 Å². The third-order valence-corrected chi connectivity index (χ3v) is 3.21. The number of nitrogens with two attached hydrogens (primary N) is 2. The lowest BCUT2D eigenvalue weighted by molar-refractivity contribution is -0.135. The van der Waals surface area contributed by atoms with Crippen LogP contribution >= 0.6 is 12.4 Å². The molecule has 0 aromatic heterocycles. The van der Waals surface area contributed by atoms with E-state index in [0.717, 1.165) is 25.7 Å². The molecule has 1 saturated carbocycles. The third kappa shape index (κ3) is 4.91. The van der Waals surface area contributed by atoms with Gasteiger partial charge in [0.05, 0.1) is 12.5 Å². The van der Waals surface area contributed by atoms with Crippen LogP contribution < -0.4 is 11.5 Å². The molecule has 0 spiro atoms. The highest BCUT2D eigenvalue weighted by Crippen LogP contribution is 2.22. The van der Waals surface area contributed by atoms with Crippen LogP contribution in [0.2, 0.25) is 0 Å². The van der Waals surface area contributed by atoms with Gasteiger partial charge in [-0.15, -0.1) is 12.4 Å². The molecule has 0 aromatic rings. The summed E-state index contributed by atoms with van der Waals surface area (Å²) in [7, 11) is 1.76. The summed E-state index contributed by atoms with van der Waals surface area (Å²) in [6, 6.07) is -0.510. The second kappa shape index (κ2) is 7.50. The second-order valence-corrected chi connectivity index (χ2v) is 4.52. The zero-order valence-corrected chi connectivity index (χ0v) is 11.0. The van der Waals surface area contributed by atoms with E-state index in [2.05, 4.69) is 0 Å².